The Hall–Kier alpha value is -3.82. The lowest BCUT2D eigenvalue weighted by atomic mass is 9.79. The highest BCUT2D eigenvalue weighted by Crippen LogP contribution is 2.43. The Labute approximate surface area is 282 Å². The summed E-state index contributed by atoms with van der Waals surface area (Å²) >= 11 is 5.94. The maximum Gasteiger partial charge on any atom is 0.322 e. The zero-order valence-electron chi connectivity index (χ0n) is 26.6. The molecule has 3 amide bonds. The molecule has 1 aliphatic heterocycles. The molecule has 0 spiro atoms. The van der Waals surface area contributed by atoms with E-state index < -0.39 is 51.2 Å². The zero-order chi connectivity index (χ0) is 33.9. The van der Waals surface area contributed by atoms with E-state index in [4.69, 9.17) is 11.6 Å². The van der Waals surface area contributed by atoms with Crippen molar-refractivity contribution in [3.8, 4) is 6.07 Å². The number of halogens is 2. The van der Waals surface area contributed by atoms with Crippen LogP contribution in [-0.4, -0.2) is 49.6 Å². The SMILES string of the molecule is CC(C)(C)[S@](=O)NC(CCC1CC1)(c1cccc(C#N)c1)c1ccc(F)c(NC(=O)[C@@H]2C[C@H](O)CN2C(=O)Nc2ccc(Cl)cc2)c1. The van der Waals surface area contributed by atoms with Gasteiger partial charge in [0.05, 0.1) is 44.7 Å². The number of rotatable bonds is 10. The van der Waals surface area contributed by atoms with Crippen molar-refractivity contribution < 1.29 is 23.3 Å². The minimum absolute atomic E-state index is 0.0282. The van der Waals surface area contributed by atoms with Gasteiger partial charge in [-0.2, -0.15) is 5.26 Å². The van der Waals surface area contributed by atoms with E-state index in [1.165, 1.54) is 17.0 Å². The molecule has 4 atom stereocenters. The zero-order valence-corrected chi connectivity index (χ0v) is 28.1. The van der Waals surface area contributed by atoms with Crippen molar-refractivity contribution in [2.24, 2.45) is 5.92 Å². The molecule has 47 heavy (non-hydrogen) atoms. The van der Waals surface area contributed by atoms with Gasteiger partial charge in [-0.15, -0.1) is 0 Å². The first-order valence-electron chi connectivity index (χ1n) is 15.6. The highest BCUT2D eigenvalue weighted by molar-refractivity contribution is 7.84. The van der Waals surface area contributed by atoms with Crippen molar-refractivity contribution in [1.29, 1.82) is 5.26 Å². The number of carbonyl (C=O) groups excluding carboxylic acids is 2. The van der Waals surface area contributed by atoms with Crippen LogP contribution >= 0.6 is 11.6 Å². The maximum absolute atomic E-state index is 15.5. The lowest BCUT2D eigenvalue weighted by molar-refractivity contribution is -0.119. The van der Waals surface area contributed by atoms with Crippen LogP contribution in [0.5, 0.6) is 0 Å². The first kappa shape index (κ1) is 34.5. The van der Waals surface area contributed by atoms with Crippen molar-refractivity contribution in [1.82, 2.24) is 9.62 Å². The molecule has 1 saturated heterocycles. The number of hydrogen-bond acceptors (Lipinski definition) is 5. The average Bonchev–Trinajstić information content (AvgIpc) is 3.79. The molecule has 1 saturated carbocycles. The van der Waals surface area contributed by atoms with Crippen LogP contribution in [-0.2, 0) is 21.3 Å². The number of nitrogens with one attached hydrogen (secondary N) is 3. The van der Waals surface area contributed by atoms with E-state index in [-0.39, 0.29) is 18.7 Å². The van der Waals surface area contributed by atoms with Crippen molar-refractivity contribution in [3.05, 3.63) is 94.3 Å². The molecule has 9 nitrogen and oxygen atoms in total. The highest BCUT2D eigenvalue weighted by atomic mass is 35.5. The van der Waals surface area contributed by atoms with Crippen molar-refractivity contribution in [2.45, 2.75) is 75.3 Å². The minimum atomic E-state index is -1.57. The van der Waals surface area contributed by atoms with Crippen LogP contribution < -0.4 is 15.4 Å². The summed E-state index contributed by atoms with van der Waals surface area (Å²) in [5, 5.41) is 26.0. The van der Waals surface area contributed by atoms with Crippen LogP contribution in [0.2, 0.25) is 5.02 Å². The van der Waals surface area contributed by atoms with Gasteiger partial charge in [-0.3, -0.25) is 4.79 Å². The molecule has 1 aliphatic carbocycles. The van der Waals surface area contributed by atoms with Gasteiger partial charge in [-0.05, 0) is 99.2 Å². The van der Waals surface area contributed by atoms with Crippen molar-refractivity contribution in [3.63, 3.8) is 0 Å². The summed E-state index contributed by atoms with van der Waals surface area (Å²) in [6.45, 7) is 5.49. The largest absolute Gasteiger partial charge is 0.391 e. The van der Waals surface area contributed by atoms with Crippen LogP contribution in [0.1, 0.15) is 69.6 Å². The summed E-state index contributed by atoms with van der Waals surface area (Å²) in [5.74, 6) is -0.849. The number of aliphatic hydroxyl groups is 1. The number of carbonyl (C=O) groups is 2. The van der Waals surface area contributed by atoms with Crippen LogP contribution in [0.25, 0.3) is 0 Å². The molecule has 0 bridgehead atoms. The summed E-state index contributed by atoms with van der Waals surface area (Å²) in [6, 6.07) is 18.4. The van der Waals surface area contributed by atoms with Gasteiger partial charge in [0.25, 0.3) is 0 Å². The molecule has 3 aromatic carbocycles. The lowest BCUT2D eigenvalue weighted by Gasteiger charge is -2.38. The molecule has 12 heteroatoms. The molecule has 3 aromatic rings. The second-order valence-electron chi connectivity index (χ2n) is 13.2. The van der Waals surface area contributed by atoms with Gasteiger partial charge in [0.15, 0.2) is 0 Å². The number of hydrogen-bond donors (Lipinski definition) is 4. The van der Waals surface area contributed by atoms with E-state index in [9.17, 15) is 24.2 Å². The number of anilines is 2. The van der Waals surface area contributed by atoms with Gasteiger partial charge >= 0.3 is 6.03 Å². The van der Waals surface area contributed by atoms with E-state index in [0.717, 1.165) is 19.3 Å². The average molecular weight is 680 g/mol. The van der Waals surface area contributed by atoms with Gasteiger partial charge < -0.3 is 20.6 Å². The predicted octanol–water partition coefficient (Wildman–Crippen LogP) is 6.44. The maximum atomic E-state index is 15.5. The smallest absolute Gasteiger partial charge is 0.322 e. The van der Waals surface area contributed by atoms with Crippen molar-refractivity contribution in [2.75, 3.05) is 17.2 Å². The van der Waals surface area contributed by atoms with Gasteiger partial charge in [0, 0.05) is 23.7 Å². The van der Waals surface area contributed by atoms with Crippen molar-refractivity contribution >= 4 is 45.9 Å². The number of likely N-dealkylation sites (tertiary alicyclic amines) is 1. The summed E-state index contributed by atoms with van der Waals surface area (Å²) in [4.78, 5) is 28.0. The Morgan fingerprint density at radius 3 is 2.43 bits per heavy atom. The Morgan fingerprint density at radius 2 is 1.77 bits per heavy atom. The topological polar surface area (TPSA) is 135 Å². The van der Waals surface area contributed by atoms with Crippen LogP contribution in [0.4, 0.5) is 20.6 Å². The van der Waals surface area contributed by atoms with E-state index in [1.54, 1.807) is 48.5 Å². The summed E-state index contributed by atoms with van der Waals surface area (Å²) in [6.07, 6.45) is 2.53. The molecular weight excluding hydrogens is 641 g/mol. The summed E-state index contributed by atoms with van der Waals surface area (Å²) < 4.78 is 31.9. The minimum Gasteiger partial charge on any atom is -0.391 e. The molecule has 248 valence electrons. The first-order chi connectivity index (χ1) is 22.3. The molecule has 2 fully saturated rings. The third kappa shape index (κ3) is 8.19. The first-order valence-corrected chi connectivity index (χ1v) is 17.1. The van der Waals surface area contributed by atoms with Gasteiger partial charge in [-0.25, -0.2) is 18.1 Å². The number of urea groups is 1. The number of nitriles is 1. The van der Waals surface area contributed by atoms with Crippen LogP contribution in [0.15, 0.2) is 66.7 Å². The normalized spacial score (nSPS) is 19.8. The highest BCUT2D eigenvalue weighted by Gasteiger charge is 2.42. The molecule has 0 aromatic heterocycles. The van der Waals surface area contributed by atoms with Gasteiger partial charge in [0.1, 0.15) is 11.9 Å². The van der Waals surface area contributed by atoms with Gasteiger partial charge in [-0.1, -0.05) is 42.6 Å². The molecule has 1 heterocycles. The molecule has 2 aliphatic rings. The summed E-state index contributed by atoms with van der Waals surface area (Å²) in [7, 11) is -1.57. The molecule has 5 rings (SSSR count). The molecule has 1 unspecified atom stereocenters. The van der Waals surface area contributed by atoms with E-state index in [2.05, 4.69) is 21.4 Å². The van der Waals surface area contributed by atoms with E-state index in [0.29, 0.717) is 39.7 Å². The fourth-order valence-electron chi connectivity index (χ4n) is 5.73. The van der Waals surface area contributed by atoms with Crippen LogP contribution in [0, 0.1) is 23.1 Å². The fourth-order valence-corrected chi connectivity index (χ4v) is 6.82. The second-order valence-corrected chi connectivity index (χ2v) is 15.6. The number of aliphatic hydroxyl groups excluding tert-OH is 1. The number of amides is 3. The third-order valence-electron chi connectivity index (χ3n) is 8.59. The molecular formula is C35H39ClFN5O4S. The molecule has 0 radical (unpaired) electrons. The van der Waals surface area contributed by atoms with Crippen LogP contribution in [0.3, 0.4) is 0 Å². The quantitative estimate of drug-likeness (QED) is 0.196. The number of β-amino-alcohol motifs (C(OH)–C–C–N with tert-alkyl or cyclic N) is 1. The van der Waals surface area contributed by atoms with Gasteiger partial charge in [0.2, 0.25) is 5.91 Å². The Kier molecular flexibility index (Phi) is 10.4. The number of nitrogens with zero attached hydrogens (tertiary/aromatic N) is 2. The second kappa shape index (κ2) is 14.1. The van der Waals surface area contributed by atoms with E-state index in [1.807, 2.05) is 26.8 Å². The fraction of sp³-hybridized carbons (Fsp3) is 0.400. The molecule has 4 N–H and O–H groups in total. The standard InChI is InChI=1S/C35H39ClFN5O4S/c1-34(2,3)47(46)41-35(16-15-22-7-8-22,24-6-4-5-23(17-24)20-38)25-9-14-29(37)30(18-25)40-32(44)31-19-28(43)21-42(31)33(45)39-27-12-10-26(36)11-13-27/h4-6,9-14,17-18,22,28,31,41,43H,7-8,15-16,19,21H2,1-3H3,(H,39,45)(H,40,44)/t28-,31-,35?,47-/m0/s1. The third-order valence-corrected chi connectivity index (χ3v) is 10.5. The predicted molar refractivity (Wildman–Crippen MR) is 182 cm³/mol. The summed E-state index contributed by atoms with van der Waals surface area (Å²) in [5.41, 5.74) is 0.932. The Bertz CT molecular complexity index is 1710. The Balaban J connectivity index is 1.49. The number of benzene rings is 3. The monoisotopic (exact) mass is 679 g/mol. The lowest BCUT2D eigenvalue weighted by Crippen LogP contribution is -2.49. The van der Waals surface area contributed by atoms with E-state index >= 15 is 4.39 Å². The Morgan fingerprint density at radius 1 is 1.06 bits per heavy atom.